The van der Waals surface area contributed by atoms with Gasteiger partial charge in [-0.3, -0.25) is 0 Å². The van der Waals surface area contributed by atoms with Gasteiger partial charge in [0.15, 0.2) is 11.5 Å². The summed E-state index contributed by atoms with van der Waals surface area (Å²) in [5, 5.41) is 14.7. The molecule has 0 amide bonds. The van der Waals surface area contributed by atoms with Crippen molar-refractivity contribution < 1.29 is 4.74 Å². The van der Waals surface area contributed by atoms with Gasteiger partial charge in [-0.2, -0.15) is 5.26 Å². The van der Waals surface area contributed by atoms with Gasteiger partial charge in [0, 0.05) is 24.3 Å². The lowest BCUT2D eigenvalue weighted by Gasteiger charge is -2.23. The molecule has 1 aromatic heterocycles. The molecular weight excluding hydrogens is 340 g/mol. The zero-order valence-electron chi connectivity index (χ0n) is 15.2. The molecule has 3 rings (SSSR count). The highest BCUT2D eigenvalue weighted by Gasteiger charge is 2.16. The lowest BCUT2D eigenvalue weighted by molar-refractivity contribution is 0.0893. The molecule has 1 saturated heterocycles. The van der Waals surface area contributed by atoms with Crippen molar-refractivity contribution in [3.8, 4) is 6.07 Å². The predicted octanol–water partition coefficient (Wildman–Crippen LogP) is 2.82. The normalized spacial score (nSPS) is 19.0. The maximum absolute atomic E-state index is 9.30. The topological polar surface area (TPSA) is 109 Å². The number of pyridine rings is 1. The van der Waals surface area contributed by atoms with E-state index in [1.54, 1.807) is 13.1 Å². The highest BCUT2D eigenvalue weighted by Crippen LogP contribution is 2.18. The average Bonchev–Trinajstić information content (AvgIpc) is 2.69. The Bertz CT molecular complexity index is 935. The molecule has 1 aromatic carbocycles. The van der Waals surface area contributed by atoms with E-state index in [4.69, 9.17) is 10.5 Å². The summed E-state index contributed by atoms with van der Waals surface area (Å²) in [6, 6.07) is 11.8. The van der Waals surface area contributed by atoms with Gasteiger partial charge in [0.05, 0.1) is 5.71 Å². The van der Waals surface area contributed by atoms with Crippen LogP contribution in [0.25, 0.3) is 10.8 Å². The second kappa shape index (κ2) is 8.92. The minimum absolute atomic E-state index is 0.0335. The summed E-state index contributed by atoms with van der Waals surface area (Å²) in [5.74, 6) is 0.622. The summed E-state index contributed by atoms with van der Waals surface area (Å²) >= 11 is 0. The molecule has 0 aliphatic carbocycles. The maximum atomic E-state index is 9.30. The molecule has 1 atom stereocenters. The van der Waals surface area contributed by atoms with Crippen LogP contribution in [0.15, 0.2) is 58.1 Å². The monoisotopic (exact) mass is 362 g/mol. The quantitative estimate of drug-likeness (QED) is 0.483. The van der Waals surface area contributed by atoms with E-state index in [-0.39, 0.29) is 17.7 Å². The number of hydrogen-bond donors (Lipinski definition) is 2. The molecule has 1 aliphatic heterocycles. The highest BCUT2D eigenvalue weighted by molar-refractivity contribution is 6.30. The number of rotatable bonds is 5. The Morgan fingerprint density at radius 1 is 1.41 bits per heavy atom. The van der Waals surface area contributed by atoms with Crippen molar-refractivity contribution in [3.63, 3.8) is 0 Å². The lowest BCUT2D eigenvalue weighted by atomic mass is 10.1. The molecule has 0 spiro atoms. The molecule has 27 heavy (non-hydrogen) atoms. The maximum Gasteiger partial charge on any atom is 0.222 e. The first-order valence-electron chi connectivity index (χ1n) is 8.87. The second-order valence-corrected chi connectivity index (χ2v) is 6.31. The Morgan fingerprint density at radius 3 is 2.96 bits per heavy atom. The molecule has 1 unspecified atom stereocenters. The Kier molecular flexibility index (Phi) is 6.13. The summed E-state index contributed by atoms with van der Waals surface area (Å²) in [6.07, 6.45) is 5.17. The minimum atomic E-state index is -0.0335. The molecule has 2 heterocycles. The molecule has 7 nitrogen and oxygen atoms in total. The van der Waals surface area contributed by atoms with Crippen LogP contribution >= 0.6 is 0 Å². The number of nitrogens with two attached hydrogens (primary N) is 1. The van der Waals surface area contributed by atoms with Crippen LogP contribution in [-0.4, -0.2) is 36.1 Å². The van der Waals surface area contributed by atoms with E-state index >= 15 is 0 Å². The summed E-state index contributed by atoms with van der Waals surface area (Å²) in [7, 11) is 0. The van der Waals surface area contributed by atoms with Gasteiger partial charge in [0.1, 0.15) is 12.2 Å². The van der Waals surface area contributed by atoms with E-state index in [9.17, 15) is 5.26 Å². The Morgan fingerprint density at radius 2 is 2.22 bits per heavy atom. The summed E-state index contributed by atoms with van der Waals surface area (Å²) in [5.41, 5.74) is 6.55. The minimum Gasteiger partial charge on any atom is -0.473 e. The van der Waals surface area contributed by atoms with Gasteiger partial charge in [-0.15, -0.1) is 0 Å². The predicted molar refractivity (Wildman–Crippen MR) is 107 cm³/mol. The van der Waals surface area contributed by atoms with Crippen molar-refractivity contribution in [1.82, 2.24) is 10.3 Å². The fraction of sp³-hybridized carbons (Fsp3) is 0.300. The smallest absolute Gasteiger partial charge is 0.222 e. The number of aliphatic imine (C=N–C) groups is 2. The number of nitrogens with zero attached hydrogens (tertiary/aromatic N) is 4. The van der Waals surface area contributed by atoms with E-state index in [1.165, 1.54) is 6.21 Å². The van der Waals surface area contributed by atoms with Crippen molar-refractivity contribution in [2.45, 2.75) is 25.9 Å². The second-order valence-electron chi connectivity index (χ2n) is 6.31. The first kappa shape index (κ1) is 18.5. The van der Waals surface area contributed by atoms with Crippen LogP contribution in [0.5, 0.6) is 0 Å². The van der Waals surface area contributed by atoms with Gasteiger partial charge >= 0.3 is 0 Å². The molecule has 7 heteroatoms. The number of benzene rings is 1. The van der Waals surface area contributed by atoms with Crippen LogP contribution < -0.4 is 11.1 Å². The zero-order valence-corrected chi connectivity index (χ0v) is 15.2. The first-order valence-corrected chi connectivity index (χ1v) is 8.87. The molecule has 0 bridgehead atoms. The highest BCUT2D eigenvalue weighted by atomic mass is 16.5. The number of fused-ring (bicyclic) bond motifs is 1. The van der Waals surface area contributed by atoms with Crippen LogP contribution in [0.3, 0.4) is 0 Å². The molecule has 2 aromatic rings. The molecule has 138 valence electrons. The van der Waals surface area contributed by atoms with Gasteiger partial charge in [0.2, 0.25) is 5.88 Å². The van der Waals surface area contributed by atoms with E-state index in [2.05, 4.69) is 20.3 Å². The molecule has 3 N–H and O–H groups in total. The van der Waals surface area contributed by atoms with E-state index in [0.29, 0.717) is 11.5 Å². The van der Waals surface area contributed by atoms with Gasteiger partial charge in [0.25, 0.3) is 0 Å². The average molecular weight is 362 g/mol. The van der Waals surface area contributed by atoms with Gasteiger partial charge in [-0.05, 0) is 37.8 Å². The van der Waals surface area contributed by atoms with Crippen molar-refractivity contribution in [2.24, 2.45) is 15.7 Å². The number of allylic oxidation sites excluding steroid dienone is 1. The summed E-state index contributed by atoms with van der Waals surface area (Å²) in [6.45, 7) is 3.49. The Hall–Kier alpha value is -3.24. The van der Waals surface area contributed by atoms with Crippen LogP contribution in [0.1, 0.15) is 19.8 Å². The Balaban J connectivity index is 1.72. The third kappa shape index (κ3) is 5.12. The fourth-order valence-corrected chi connectivity index (χ4v) is 2.80. The van der Waals surface area contributed by atoms with Crippen molar-refractivity contribution >= 4 is 28.5 Å². The first-order chi connectivity index (χ1) is 13.2. The molecular formula is C20H22N6O. The largest absolute Gasteiger partial charge is 0.473 e. The van der Waals surface area contributed by atoms with Crippen LogP contribution in [-0.2, 0) is 4.74 Å². The SMILES string of the molecule is CC(C=NC(C#N)=C(N)OC1CCCNC1)=Nc1cc2ccccc2cn1. The van der Waals surface area contributed by atoms with Crippen molar-refractivity contribution in [2.75, 3.05) is 13.1 Å². The van der Waals surface area contributed by atoms with Crippen LogP contribution in [0.2, 0.25) is 0 Å². The van der Waals surface area contributed by atoms with Crippen molar-refractivity contribution in [1.29, 1.82) is 5.26 Å². The number of hydrogen-bond acceptors (Lipinski definition) is 7. The fourth-order valence-electron chi connectivity index (χ4n) is 2.80. The number of nitriles is 1. The van der Waals surface area contributed by atoms with Gasteiger partial charge in [-0.25, -0.2) is 15.0 Å². The number of nitrogens with one attached hydrogen (secondary N) is 1. The molecule has 0 radical (unpaired) electrons. The van der Waals surface area contributed by atoms with E-state index in [0.717, 1.165) is 36.7 Å². The molecule has 0 saturated carbocycles. The standard InChI is InChI=1S/C20H22N6O/c1-14(26-19-9-15-5-2-3-6-16(15)12-25-19)11-24-18(10-21)20(22)27-17-7-4-8-23-13-17/h2-3,5-6,9,11-12,17,23H,4,7-8,13,22H2,1H3. The third-order valence-corrected chi connectivity index (χ3v) is 4.17. The van der Waals surface area contributed by atoms with Crippen LogP contribution in [0, 0.1) is 11.3 Å². The molecule has 1 aliphatic rings. The third-order valence-electron chi connectivity index (χ3n) is 4.17. The molecule has 1 fully saturated rings. The number of ether oxygens (including phenoxy) is 1. The van der Waals surface area contributed by atoms with E-state index < -0.39 is 0 Å². The Labute approximate surface area is 158 Å². The van der Waals surface area contributed by atoms with Crippen LogP contribution in [0.4, 0.5) is 5.82 Å². The zero-order chi connectivity index (χ0) is 19.1. The summed E-state index contributed by atoms with van der Waals surface area (Å²) < 4.78 is 5.65. The summed E-state index contributed by atoms with van der Waals surface area (Å²) in [4.78, 5) is 12.9. The van der Waals surface area contributed by atoms with Gasteiger partial charge in [-0.1, -0.05) is 24.3 Å². The van der Waals surface area contributed by atoms with E-state index in [1.807, 2.05) is 36.4 Å². The number of aromatic nitrogens is 1. The van der Waals surface area contributed by atoms with Crippen molar-refractivity contribution in [3.05, 3.63) is 48.1 Å². The van der Waals surface area contributed by atoms with Gasteiger partial charge < -0.3 is 15.8 Å². The lowest BCUT2D eigenvalue weighted by Crippen LogP contribution is -2.36. The number of piperidine rings is 1.